The fourth-order valence-corrected chi connectivity index (χ4v) is 1.52. The van der Waals surface area contributed by atoms with E-state index in [4.69, 9.17) is 31.6 Å². The van der Waals surface area contributed by atoms with Crippen LogP contribution in [-0.4, -0.2) is 6.79 Å². The summed E-state index contributed by atoms with van der Waals surface area (Å²) < 4.78 is 10.4. The molecular formula is C11H6ClN3O2. The Morgan fingerprint density at radius 1 is 1.35 bits per heavy atom. The summed E-state index contributed by atoms with van der Waals surface area (Å²) in [7, 11) is 0. The number of ether oxygens (including phenoxy) is 2. The Morgan fingerprint density at radius 3 is 2.82 bits per heavy atom. The zero-order valence-corrected chi connectivity index (χ0v) is 9.28. The Labute approximate surface area is 102 Å². The quantitative estimate of drug-likeness (QED) is 0.812. The van der Waals surface area contributed by atoms with Gasteiger partial charge in [0.2, 0.25) is 6.79 Å². The summed E-state index contributed by atoms with van der Waals surface area (Å²) in [6.45, 7) is 0.122. The molecule has 0 amide bonds. The second-order valence-corrected chi connectivity index (χ2v) is 3.49. The minimum Gasteiger partial charge on any atom is -0.454 e. The maximum atomic E-state index is 8.60. The van der Waals surface area contributed by atoms with Crippen LogP contribution in [0.15, 0.2) is 23.9 Å². The van der Waals surface area contributed by atoms with E-state index >= 15 is 0 Å². The van der Waals surface area contributed by atoms with E-state index in [9.17, 15) is 0 Å². The highest BCUT2D eigenvalue weighted by atomic mass is 35.5. The molecule has 0 atom stereocenters. The van der Waals surface area contributed by atoms with Gasteiger partial charge in [-0.15, -0.1) is 0 Å². The largest absolute Gasteiger partial charge is 0.454 e. The van der Waals surface area contributed by atoms with E-state index in [0.717, 1.165) is 0 Å². The minimum absolute atomic E-state index is 0.0578. The number of rotatable bonds is 2. The molecule has 0 radical (unpaired) electrons. The monoisotopic (exact) mass is 247 g/mol. The summed E-state index contributed by atoms with van der Waals surface area (Å²) in [6, 6.07) is 6.80. The number of hydrogen-bond acceptors (Lipinski definition) is 5. The molecule has 0 unspecified atom stereocenters. The van der Waals surface area contributed by atoms with Crippen molar-refractivity contribution in [2.24, 2.45) is 0 Å². The molecule has 1 aliphatic heterocycles. The van der Waals surface area contributed by atoms with Gasteiger partial charge in [-0.3, -0.25) is 0 Å². The number of hydrogen-bond donors (Lipinski definition) is 1. The Hall–Kier alpha value is -2.37. The summed E-state index contributed by atoms with van der Waals surface area (Å²) in [5, 5.41) is 20.4. The van der Waals surface area contributed by atoms with Crippen molar-refractivity contribution in [3.05, 3.63) is 28.9 Å². The maximum Gasteiger partial charge on any atom is 0.231 e. The number of allylic oxidation sites excluding steroid dienone is 1. The van der Waals surface area contributed by atoms with Gasteiger partial charge in [0.1, 0.15) is 23.4 Å². The van der Waals surface area contributed by atoms with Gasteiger partial charge in [-0.1, -0.05) is 11.6 Å². The van der Waals surface area contributed by atoms with Crippen molar-refractivity contribution >= 4 is 17.3 Å². The molecule has 1 aromatic rings. The van der Waals surface area contributed by atoms with Crippen LogP contribution in [0.2, 0.25) is 5.02 Å². The summed E-state index contributed by atoms with van der Waals surface area (Å²) in [5.41, 5.74) is 0.419. The molecule has 0 bridgehead atoms. The second-order valence-electron chi connectivity index (χ2n) is 3.08. The van der Waals surface area contributed by atoms with Gasteiger partial charge < -0.3 is 14.8 Å². The van der Waals surface area contributed by atoms with Gasteiger partial charge in [-0.05, 0) is 12.1 Å². The Morgan fingerprint density at radius 2 is 2.12 bits per heavy atom. The van der Waals surface area contributed by atoms with Crippen LogP contribution >= 0.6 is 11.6 Å². The van der Waals surface area contributed by atoms with Crippen LogP contribution in [0, 0.1) is 22.7 Å². The number of benzene rings is 1. The lowest BCUT2D eigenvalue weighted by Gasteiger charge is -2.07. The Balaban J connectivity index is 2.35. The molecule has 17 heavy (non-hydrogen) atoms. The van der Waals surface area contributed by atoms with Gasteiger partial charge in [0.15, 0.2) is 11.5 Å². The van der Waals surface area contributed by atoms with Gasteiger partial charge in [0, 0.05) is 6.20 Å². The number of nitrogens with one attached hydrogen (secondary N) is 1. The number of nitriles is 2. The normalized spacial score (nSPS) is 11.2. The highest BCUT2D eigenvalue weighted by Gasteiger charge is 2.19. The van der Waals surface area contributed by atoms with Crippen molar-refractivity contribution in [1.82, 2.24) is 0 Å². The van der Waals surface area contributed by atoms with E-state index in [1.54, 1.807) is 24.3 Å². The van der Waals surface area contributed by atoms with Gasteiger partial charge in [-0.2, -0.15) is 10.5 Å². The van der Waals surface area contributed by atoms with Crippen molar-refractivity contribution in [1.29, 1.82) is 10.5 Å². The lowest BCUT2D eigenvalue weighted by Crippen LogP contribution is -1.96. The lowest BCUT2D eigenvalue weighted by molar-refractivity contribution is 0.174. The van der Waals surface area contributed by atoms with Crippen LogP contribution in [0.3, 0.4) is 0 Å². The molecule has 1 aromatic carbocycles. The van der Waals surface area contributed by atoms with Crippen LogP contribution in [0.1, 0.15) is 0 Å². The van der Waals surface area contributed by atoms with E-state index in [1.807, 2.05) is 0 Å². The van der Waals surface area contributed by atoms with Crippen LogP contribution in [0.5, 0.6) is 11.5 Å². The molecule has 1 aliphatic rings. The average molecular weight is 248 g/mol. The molecule has 0 aliphatic carbocycles. The molecule has 0 fully saturated rings. The lowest BCUT2D eigenvalue weighted by atomic mass is 10.2. The summed E-state index contributed by atoms with van der Waals surface area (Å²) in [5.74, 6) is 1.05. The van der Waals surface area contributed by atoms with Crippen molar-refractivity contribution in [2.75, 3.05) is 12.1 Å². The van der Waals surface area contributed by atoms with Crippen molar-refractivity contribution < 1.29 is 9.47 Å². The van der Waals surface area contributed by atoms with Crippen molar-refractivity contribution in [3.8, 4) is 23.6 Å². The first kappa shape index (κ1) is 11.1. The summed E-state index contributed by atoms with van der Waals surface area (Å²) in [6.07, 6.45) is 1.27. The molecule has 1 heterocycles. The van der Waals surface area contributed by atoms with E-state index in [1.165, 1.54) is 6.20 Å². The zero-order chi connectivity index (χ0) is 12.3. The average Bonchev–Trinajstić information content (AvgIpc) is 2.81. The van der Waals surface area contributed by atoms with Gasteiger partial charge in [0.05, 0.1) is 5.02 Å². The number of nitrogens with zero attached hydrogens (tertiary/aromatic N) is 2. The Kier molecular flexibility index (Phi) is 3.04. The molecule has 84 valence electrons. The van der Waals surface area contributed by atoms with Crippen molar-refractivity contribution in [3.63, 3.8) is 0 Å². The molecule has 0 aromatic heterocycles. The van der Waals surface area contributed by atoms with Crippen molar-refractivity contribution in [2.45, 2.75) is 0 Å². The highest BCUT2D eigenvalue weighted by molar-refractivity contribution is 6.33. The fourth-order valence-electron chi connectivity index (χ4n) is 1.32. The third-order valence-electron chi connectivity index (χ3n) is 2.09. The van der Waals surface area contributed by atoms with E-state index < -0.39 is 0 Å². The Bertz CT molecular complexity index is 553. The summed E-state index contributed by atoms with van der Waals surface area (Å²) in [4.78, 5) is 0. The standard InChI is InChI=1S/C11H6ClN3O2/c12-8-1-2-9-11(17-6-16-9)10(8)15-5-7(3-13)4-14/h1-2,5,15H,6H2. The molecule has 0 saturated heterocycles. The molecule has 0 saturated carbocycles. The smallest absolute Gasteiger partial charge is 0.231 e. The predicted molar refractivity (Wildman–Crippen MR) is 60.5 cm³/mol. The summed E-state index contributed by atoms with van der Waals surface area (Å²) >= 11 is 5.98. The first-order chi connectivity index (χ1) is 8.26. The first-order valence-corrected chi connectivity index (χ1v) is 4.99. The molecule has 6 heteroatoms. The first-order valence-electron chi connectivity index (χ1n) is 4.61. The van der Waals surface area contributed by atoms with E-state index in [2.05, 4.69) is 5.32 Å². The second kappa shape index (κ2) is 4.65. The van der Waals surface area contributed by atoms with Crippen LogP contribution < -0.4 is 14.8 Å². The predicted octanol–water partition coefficient (Wildman–Crippen LogP) is 2.41. The number of halogens is 1. The molecule has 1 N–H and O–H groups in total. The third-order valence-corrected chi connectivity index (χ3v) is 2.41. The topological polar surface area (TPSA) is 78.1 Å². The van der Waals surface area contributed by atoms with Crippen LogP contribution in [-0.2, 0) is 0 Å². The molecule has 5 nitrogen and oxygen atoms in total. The number of anilines is 1. The fraction of sp³-hybridized carbons (Fsp3) is 0.0909. The van der Waals surface area contributed by atoms with E-state index in [0.29, 0.717) is 22.2 Å². The SMILES string of the molecule is N#CC(C#N)=CNc1c(Cl)ccc2c1OCO2. The molecule has 2 rings (SSSR count). The molecular weight excluding hydrogens is 242 g/mol. The van der Waals surface area contributed by atoms with Gasteiger partial charge >= 0.3 is 0 Å². The zero-order valence-electron chi connectivity index (χ0n) is 8.53. The highest BCUT2D eigenvalue weighted by Crippen LogP contribution is 2.43. The van der Waals surface area contributed by atoms with E-state index in [-0.39, 0.29) is 12.4 Å². The van der Waals surface area contributed by atoms with Gasteiger partial charge in [-0.25, -0.2) is 0 Å². The number of fused-ring (bicyclic) bond motifs is 1. The van der Waals surface area contributed by atoms with Crippen LogP contribution in [0.25, 0.3) is 0 Å². The van der Waals surface area contributed by atoms with Crippen LogP contribution in [0.4, 0.5) is 5.69 Å². The maximum absolute atomic E-state index is 8.60. The van der Waals surface area contributed by atoms with Gasteiger partial charge in [0.25, 0.3) is 0 Å². The third kappa shape index (κ3) is 2.10. The molecule has 0 spiro atoms. The minimum atomic E-state index is -0.0578.